The Balaban J connectivity index is 2.24. The average molecular weight is 238 g/mol. The third-order valence-corrected chi connectivity index (χ3v) is 2.42. The molecule has 90 valence electrons. The second-order valence-corrected chi connectivity index (χ2v) is 3.74. The van der Waals surface area contributed by atoms with Crippen molar-refractivity contribution >= 4 is 16.6 Å². The molecule has 0 saturated carbocycles. The third-order valence-electron chi connectivity index (χ3n) is 2.42. The van der Waals surface area contributed by atoms with E-state index in [1.165, 1.54) is 0 Å². The van der Waals surface area contributed by atoms with Crippen molar-refractivity contribution in [3.05, 3.63) is 36.5 Å². The van der Waals surface area contributed by atoms with Gasteiger partial charge in [-0.2, -0.15) is 0 Å². The van der Waals surface area contributed by atoms with E-state index in [-0.39, 0.29) is 0 Å². The number of hydrogen-bond donors (Lipinski definition) is 2. The van der Waals surface area contributed by atoms with Crippen molar-refractivity contribution in [3.63, 3.8) is 0 Å². The van der Waals surface area contributed by atoms with Gasteiger partial charge in [0, 0.05) is 17.3 Å². The molecule has 2 rings (SSSR count). The lowest BCUT2D eigenvalue weighted by molar-refractivity contribution is -0.0372. The summed E-state index contributed by atoms with van der Waals surface area (Å²) >= 11 is 0. The van der Waals surface area contributed by atoms with Crippen molar-refractivity contribution in [3.8, 4) is 0 Å². The maximum Gasteiger partial charge on any atom is 0.287 e. The summed E-state index contributed by atoms with van der Waals surface area (Å²) in [5.41, 5.74) is 1.33. The molecule has 0 aliphatic carbocycles. The van der Waals surface area contributed by atoms with E-state index in [0.717, 1.165) is 10.9 Å². The van der Waals surface area contributed by atoms with Crippen molar-refractivity contribution in [1.29, 1.82) is 0 Å². The summed E-state index contributed by atoms with van der Waals surface area (Å²) < 4.78 is 25.8. The molecule has 0 radical (unpaired) electrons. The normalized spacial score (nSPS) is 11.7. The van der Waals surface area contributed by atoms with Crippen LogP contribution in [0.4, 0.5) is 14.5 Å². The molecule has 1 aromatic carbocycles. The number of aromatic nitrogens is 1. The van der Waals surface area contributed by atoms with Crippen molar-refractivity contribution in [2.75, 3.05) is 18.5 Å². The monoisotopic (exact) mass is 238 g/mol. The van der Waals surface area contributed by atoms with E-state index in [4.69, 9.17) is 5.11 Å². The Hall–Kier alpha value is -1.75. The number of halogens is 2. The second kappa shape index (κ2) is 4.63. The maximum atomic E-state index is 12.9. The first kappa shape index (κ1) is 11.7. The number of nitrogens with zero attached hydrogens (tertiary/aromatic N) is 1. The molecule has 0 unspecified atom stereocenters. The highest BCUT2D eigenvalue weighted by atomic mass is 19.3. The van der Waals surface area contributed by atoms with E-state index in [1.807, 2.05) is 24.3 Å². The van der Waals surface area contributed by atoms with Gasteiger partial charge in [0.05, 0.1) is 12.1 Å². The van der Waals surface area contributed by atoms with E-state index < -0.39 is 19.1 Å². The summed E-state index contributed by atoms with van der Waals surface area (Å²) in [4.78, 5) is 4.13. The van der Waals surface area contributed by atoms with Crippen molar-refractivity contribution < 1.29 is 13.9 Å². The number of benzene rings is 1. The zero-order chi connectivity index (χ0) is 12.3. The minimum Gasteiger partial charge on any atom is -0.390 e. The molecule has 1 heterocycles. The van der Waals surface area contributed by atoms with Crippen LogP contribution in [-0.4, -0.2) is 29.2 Å². The van der Waals surface area contributed by atoms with Gasteiger partial charge in [0.15, 0.2) is 0 Å². The van der Waals surface area contributed by atoms with Crippen LogP contribution in [0.2, 0.25) is 0 Å². The van der Waals surface area contributed by atoms with Crippen LogP contribution in [0.15, 0.2) is 36.5 Å². The van der Waals surface area contributed by atoms with Gasteiger partial charge in [-0.05, 0) is 12.1 Å². The number of pyridine rings is 1. The summed E-state index contributed by atoms with van der Waals surface area (Å²) in [6, 6.07) is 8.91. The Labute approximate surface area is 97.1 Å². The lowest BCUT2D eigenvalue weighted by Gasteiger charge is -2.15. The van der Waals surface area contributed by atoms with Crippen LogP contribution in [0.1, 0.15) is 0 Å². The Bertz CT molecular complexity index is 511. The number of aliphatic hydroxyl groups is 1. The number of nitrogens with one attached hydrogen (secondary N) is 1. The number of fused-ring (bicyclic) bond motifs is 1. The van der Waals surface area contributed by atoms with E-state index >= 15 is 0 Å². The molecule has 3 nitrogen and oxygen atoms in total. The van der Waals surface area contributed by atoms with Crippen LogP contribution in [0, 0.1) is 0 Å². The topological polar surface area (TPSA) is 45.1 Å². The maximum absolute atomic E-state index is 12.9. The smallest absolute Gasteiger partial charge is 0.287 e. The van der Waals surface area contributed by atoms with Gasteiger partial charge >= 0.3 is 0 Å². The summed E-state index contributed by atoms with van der Waals surface area (Å²) in [6.45, 7) is -1.76. The van der Waals surface area contributed by atoms with E-state index in [1.54, 1.807) is 12.3 Å². The fraction of sp³-hybridized carbons (Fsp3) is 0.250. The van der Waals surface area contributed by atoms with Gasteiger partial charge in [0.25, 0.3) is 5.92 Å². The van der Waals surface area contributed by atoms with E-state index in [0.29, 0.717) is 5.69 Å². The molecular formula is C12H12F2N2O. The SMILES string of the molecule is OCC(F)(F)CNc1ccnc2ccccc12. The quantitative estimate of drug-likeness (QED) is 0.858. The predicted molar refractivity (Wildman–Crippen MR) is 62.3 cm³/mol. The van der Waals surface area contributed by atoms with Crippen molar-refractivity contribution in [2.45, 2.75) is 5.92 Å². The number of para-hydroxylation sites is 1. The molecule has 0 aliphatic rings. The summed E-state index contributed by atoms with van der Waals surface area (Å²) in [6.07, 6.45) is 1.56. The Kier molecular flexibility index (Phi) is 3.19. The molecule has 0 bridgehead atoms. The molecule has 1 aromatic heterocycles. The molecule has 0 atom stereocenters. The fourth-order valence-electron chi connectivity index (χ4n) is 1.53. The zero-order valence-electron chi connectivity index (χ0n) is 9.03. The minimum absolute atomic E-state index is 0.587. The minimum atomic E-state index is -3.12. The summed E-state index contributed by atoms with van der Waals surface area (Å²) in [5, 5.41) is 11.9. The summed E-state index contributed by atoms with van der Waals surface area (Å²) in [7, 11) is 0. The van der Waals surface area contributed by atoms with Crippen LogP contribution < -0.4 is 5.32 Å². The number of aliphatic hydroxyl groups excluding tert-OH is 1. The lowest BCUT2D eigenvalue weighted by atomic mass is 10.2. The van der Waals surface area contributed by atoms with Gasteiger partial charge in [-0.1, -0.05) is 18.2 Å². The average Bonchev–Trinajstić information content (AvgIpc) is 2.36. The number of hydrogen-bond acceptors (Lipinski definition) is 3. The molecule has 5 heteroatoms. The third kappa shape index (κ3) is 2.68. The first-order valence-electron chi connectivity index (χ1n) is 5.19. The number of alkyl halides is 2. The van der Waals surface area contributed by atoms with E-state index in [9.17, 15) is 8.78 Å². The van der Waals surface area contributed by atoms with Gasteiger partial charge in [0.1, 0.15) is 6.61 Å². The molecule has 0 fully saturated rings. The first-order chi connectivity index (χ1) is 8.12. The molecule has 0 amide bonds. The molecule has 2 N–H and O–H groups in total. The van der Waals surface area contributed by atoms with Crippen LogP contribution in [-0.2, 0) is 0 Å². The highest BCUT2D eigenvalue weighted by molar-refractivity contribution is 5.90. The second-order valence-electron chi connectivity index (χ2n) is 3.74. The molecule has 0 saturated heterocycles. The lowest BCUT2D eigenvalue weighted by Crippen LogP contribution is -2.31. The van der Waals surface area contributed by atoms with Crippen molar-refractivity contribution in [2.24, 2.45) is 0 Å². The Morgan fingerprint density at radius 1 is 1.24 bits per heavy atom. The predicted octanol–water partition coefficient (Wildman–Crippen LogP) is 2.27. The van der Waals surface area contributed by atoms with Crippen LogP contribution in [0.5, 0.6) is 0 Å². The molecular weight excluding hydrogens is 226 g/mol. The number of rotatable bonds is 4. The fourth-order valence-corrected chi connectivity index (χ4v) is 1.53. The summed E-state index contributed by atoms with van der Waals surface area (Å²) in [5.74, 6) is -3.12. The standard InChI is InChI=1S/C12H12F2N2O/c13-12(14,8-17)7-16-11-5-6-15-10-4-2-1-3-9(10)11/h1-6,17H,7-8H2,(H,15,16). The van der Waals surface area contributed by atoms with Crippen LogP contribution >= 0.6 is 0 Å². The highest BCUT2D eigenvalue weighted by Gasteiger charge is 2.27. The Morgan fingerprint density at radius 3 is 2.76 bits per heavy atom. The van der Waals surface area contributed by atoms with Crippen molar-refractivity contribution in [1.82, 2.24) is 4.98 Å². The zero-order valence-corrected chi connectivity index (χ0v) is 9.03. The largest absolute Gasteiger partial charge is 0.390 e. The highest BCUT2D eigenvalue weighted by Crippen LogP contribution is 2.22. The van der Waals surface area contributed by atoms with E-state index in [2.05, 4.69) is 10.3 Å². The molecule has 17 heavy (non-hydrogen) atoms. The molecule has 0 spiro atoms. The first-order valence-corrected chi connectivity index (χ1v) is 5.19. The number of anilines is 1. The van der Waals surface area contributed by atoms with Gasteiger partial charge in [-0.3, -0.25) is 4.98 Å². The van der Waals surface area contributed by atoms with Crippen LogP contribution in [0.25, 0.3) is 10.9 Å². The van der Waals surface area contributed by atoms with Gasteiger partial charge in [-0.25, -0.2) is 8.78 Å². The van der Waals surface area contributed by atoms with Gasteiger partial charge < -0.3 is 10.4 Å². The van der Waals surface area contributed by atoms with Gasteiger partial charge in [-0.15, -0.1) is 0 Å². The van der Waals surface area contributed by atoms with Gasteiger partial charge in [0.2, 0.25) is 0 Å². The Morgan fingerprint density at radius 2 is 2.00 bits per heavy atom. The molecule has 2 aromatic rings. The van der Waals surface area contributed by atoms with Crippen LogP contribution in [0.3, 0.4) is 0 Å². The molecule has 0 aliphatic heterocycles.